The van der Waals surface area contributed by atoms with Crippen LogP contribution in [0.5, 0.6) is 0 Å². The van der Waals surface area contributed by atoms with Crippen LogP contribution in [0, 0.1) is 0 Å². The van der Waals surface area contributed by atoms with E-state index in [1.807, 2.05) is 13.0 Å². The number of hydrogen-bond acceptors (Lipinski definition) is 4. The van der Waals surface area contributed by atoms with Crippen LogP contribution < -0.4 is 21.3 Å². The van der Waals surface area contributed by atoms with Crippen LogP contribution in [0.4, 0.5) is 10.6 Å². The molecule has 3 rings (SSSR count). The summed E-state index contributed by atoms with van der Waals surface area (Å²) < 4.78 is 1.66. The molecule has 0 aromatic carbocycles. The molecule has 1 aliphatic carbocycles. The molecule has 8 nitrogen and oxygen atoms in total. The first-order valence-electron chi connectivity index (χ1n) is 8.99. The minimum absolute atomic E-state index is 0.0169. The number of rotatable bonds is 4. The predicted octanol–water partition coefficient (Wildman–Crippen LogP) is 1.81. The number of hydrogen-bond donors (Lipinski definition) is 4. The highest BCUT2D eigenvalue weighted by molar-refractivity contribution is 5.89. The van der Waals surface area contributed by atoms with Crippen molar-refractivity contribution in [3.05, 3.63) is 11.8 Å². The van der Waals surface area contributed by atoms with Crippen LogP contribution in [-0.2, 0) is 10.2 Å². The lowest BCUT2D eigenvalue weighted by Gasteiger charge is -2.32. The maximum Gasteiger partial charge on any atom is 0.320 e. The fraction of sp³-hybridized carbons (Fsp3) is 0.706. The summed E-state index contributed by atoms with van der Waals surface area (Å²) in [7, 11) is 0. The maximum atomic E-state index is 12.2. The molecule has 2 unspecified atom stereocenters. The molecule has 8 heteroatoms. The SMILES string of the molecule is CCC1CC(=O)NC(n2nc(C(C)(C)C)cc2NC(=O)NC2CC2)N1. The molecular formula is C17H28N6O2. The highest BCUT2D eigenvalue weighted by Gasteiger charge is 2.30. The van der Waals surface area contributed by atoms with Gasteiger partial charge in [0.25, 0.3) is 0 Å². The summed E-state index contributed by atoms with van der Waals surface area (Å²) in [6.45, 7) is 8.24. The Hall–Kier alpha value is -2.09. The van der Waals surface area contributed by atoms with Crippen molar-refractivity contribution < 1.29 is 9.59 Å². The molecule has 2 fully saturated rings. The quantitative estimate of drug-likeness (QED) is 0.667. The zero-order valence-electron chi connectivity index (χ0n) is 15.3. The van der Waals surface area contributed by atoms with E-state index < -0.39 is 6.29 Å². The van der Waals surface area contributed by atoms with Crippen molar-refractivity contribution in [1.29, 1.82) is 0 Å². The van der Waals surface area contributed by atoms with Crippen molar-refractivity contribution in [2.45, 2.75) is 77.2 Å². The van der Waals surface area contributed by atoms with Gasteiger partial charge in [0, 0.05) is 30.0 Å². The lowest BCUT2D eigenvalue weighted by Crippen LogP contribution is -2.53. The van der Waals surface area contributed by atoms with Crippen LogP contribution in [0.2, 0.25) is 0 Å². The summed E-state index contributed by atoms with van der Waals surface area (Å²) in [5, 5.41) is 16.7. The molecule has 0 radical (unpaired) electrons. The first-order chi connectivity index (χ1) is 11.8. The Kier molecular flexibility index (Phi) is 4.73. The van der Waals surface area contributed by atoms with Crippen molar-refractivity contribution in [1.82, 2.24) is 25.7 Å². The molecule has 1 aliphatic heterocycles. The number of aromatic nitrogens is 2. The van der Waals surface area contributed by atoms with Gasteiger partial charge >= 0.3 is 6.03 Å². The molecule has 2 aliphatic rings. The monoisotopic (exact) mass is 348 g/mol. The molecule has 1 aromatic heterocycles. The van der Waals surface area contributed by atoms with E-state index in [0.717, 1.165) is 25.0 Å². The molecule has 25 heavy (non-hydrogen) atoms. The van der Waals surface area contributed by atoms with Crippen LogP contribution in [0.1, 0.15) is 65.4 Å². The maximum absolute atomic E-state index is 12.2. The number of carbonyl (C=O) groups is 2. The lowest BCUT2D eigenvalue weighted by molar-refractivity contribution is -0.125. The second kappa shape index (κ2) is 6.67. The second-order valence-electron chi connectivity index (χ2n) is 7.93. The van der Waals surface area contributed by atoms with Crippen LogP contribution in [0.15, 0.2) is 6.07 Å². The van der Waals surface area contributed by atoms with Crippen molar-refractivity contribution in [3.63, 3.8) is 0 Å². The van der Waals surface area contributed by atoms with Gasteiger partial charge in [-0.3, -0.25) is 15.4 Å². The molecule has 0 spiro atoms. The fourth-order valence-electron chi connectivity index (χ4n) is 2.77. The number of amides is 3. The highest BCUT2D eigenvalue weighted by atomic mass is 16.2. The molecule has 4 N–H and O–H groups in total. The Bertz CT molecular complexity index is 659. The Labute approximate surface area is 148 Å². The minimum Gasteiger partial charge on any atom is -0.335 e. The Morgan fingerprint density at radius 2 is 2.12 bits per heavy atom. The summed E-state index contributed by atoms with van der Waals surface area (Å²) in [6, 6.07) is 2.00. The Morgan fingerprint density at radius 1 is 1.40 bits per heavy atom. The molecule has 2 heterocycles. The zero-order valence-corrected chi connectivity index (χ0v) is 15.3. The summed E-state index contributed by atoms with van der Waals surface area (Å²) >= 11 is 0. The number of carbonyl (C=O) groups excluding carboxylic acids is 2. The average molecular weight is 348 g/mol. The normalized spacial score (nSPS) is 23.9. The van der Waals surface area contributed by atoms with Gasteiger partial charge in [0.2, 0.25) is 5.91 Å². The van der Waals surface area contributed by atoms with Gasteiger partial charge in [0.1, 0.15) is 5.82 Å². The van der Waals surface area contributed by atoms with E-state index in [2.05, 4.69) is 47.1 Å². The third-order valence-electron chi connectivity index (χ3n) is 4.52. The number of nitrogens with zero attached hydrogens (tertiary/aromatic N) is 2. The smallest absolute Gasteiger partial charge is 0.320 e. The van der Waals surface area contributed by atoms with Gasteiger partial charge in [0.05, 0.1) is 5.69 Å². The summed E-state index contributed by atoms with van der Waals surface area (Å²) in [4.78, 5) is 24.2. The van der Waals surface area contributed by atoms with E-state index in [-0.39, 0.29) is 29.4 Å². The lowest BCUT2D eigenvalue weighted by atomic mass is 9.92. The zero-order chi connectivity index (χ0) is 18.2. The van der Waals surface area contributed by atoms with E-state index in [1.54, 1.807) is 4.68 Å². The predicted molar refractivity (Wildman–Crippen MR) is 95.1 cm³/mol. The molecule has 2 atom stereocenters. The van der Waals surface area contributed by atoms with Gasteiger partial charge in [-0.2, -0.15) is 5.10 Å². The molecule has 3 amide bonds. The van der Waals surface area contributed by atoms with Crippen molar-refractivity contribution in [3.8, 4) is 0 Å². The standard InChI is InChI=1S/C17H28N6O2/c1-5-10-8-14(24)21-15(18-10)23-13(9-12(22-23)17(2,3)4)20-16(25)19-11-6-7-11/h9-11,15,18H,5-8H2,1-4H3,(H,21,24)(H2,19,20,25). The summed E-state index contributed by atoms with van der Waals surface area (Å²) in [5.74, 6) is 0.550. The van der Waals surface area contributed by atoms with Crippen molar-refractivity contribution >= 4 is 17.8 Å². The average Bonchev–Trinajstić information content (AvgIpc) is 3.22. The van der Waals surface area contributed by atoms with Crippen molar-refractivity contribution in [2.24, 2.45) is 0 Å². The Morgan fingerprint density at radius 3 is 2.72 bits per heavy atom. The van der Waals surface area contributed by atoms with Gasteiger partial charge in [0.15, 0.2) is 6.29 Å². The first kappa shape index (κ1) is 17.7. The molecule has 1 saturated heterocycles. The van der Waals surface area contributed by atoms with Gasteiger partial charge in [-0.15, -0.1) is 0 Å². The topological polar surface area (TPSA) is 100 Å². The second-order valence-corrected chi connectivity index (χ2v) is 7.93. The minimum atomic E-state index is -0.474. The van der Waals surface area contributed by atoms with Gasteiger partial charge < -0.3 is 10.6 Å². The van der Waals surface area contributed by atoms with E-state index >= 15 is 0 Å². The van der Waals surface area contributed by atoms with Gasteiger partial charge in [-0.05, 0) is 19.3 Å². The molecule has 1 saturated carbocycles. The van der Waals surface area contributed by atoms with E-state index in [0.29, 0.717) is 12.2 Å². The summed E-state index contributed by atoms with van der Waals surface area (Å²) in [5.41, 5.74) is 0.682. The van der Waals surface area contributed by atoms with Crippen molar-refractivity contribution in [2.75, 3.05) is 5.32 Å². The fourth-order valence-corrected chi connectivity index (χ4v) is 2.77. The first-order valence-corrected chi connectivity index (χ1v) is 8.99. The molecule has 138 valence electrons. The van der Waals surface area contributed by atoms with Gasteiger partial charge in [-0.25, -0.2) is 9.48 Å². The van der Waals surface area contributed by atoms with E-state index in [4.69, 9.17) is 0 Å². The van der Waals surface area contributed by atoms with E-state index in [9.17, 15) is 9.59 Å². The number of nitrogens with one attached hydrogen (secondary N) is 4. The summed E-state index contributed by atoms with van der Waals surface area (Å²) in [6.07, 6.45) is 2.88. The number of urea groups is 1. The molecular weight excluding hydrogens is 320 g/mol. The third-order valence-corrected chi connectivity index (χ3v) is 4.52. The van der Waals surface area contributed by atoms with Crippen LogP contribution in [0.25, 0.3) is 0 Å². The largest absolute Gasteiger partial charge is 0.335 e. The Balaban J connectivity index is 1.85. The van der Waals surface area contributed by atoms with Crippen LogP contribution >= 0.6 is 0 Å². The van der Waals surface area contributed by atoms with E-state index in [1.165, 1.54) is 0 Å². The van der Waals surface area contributed by atoms with Gasteiger partial charge in [-0.1, -0.05) is 27.7 Å². The van der Waals surface area contributed by atoms with Crippen LogP contribution in [-0.4, -0.2) is 33.8 Å². The highest BCUT2D eigenvalue weighted by Crippen LogP contribution is 2.26. The molecule has 1 aromatic rings. The van der Waals surface area contributed by atoms with Crippen LogP contribution in [0.3, 0.4) is 0 Å². The third kappa shape index (κ3) is 4.31. The number of anilines is 1. The molecule has 0 bridgehead atoms.